The highest BCUT2D eigenvalue weighted by Gasteiger charge is 2.52. The second-order valence-electron chi connectivity index (χ2n) is 4.82. The van der Waals surface area contributed by atoms with E-state index in [1.807, 2.05) is 11.0 Å². The second-order valence-corrected chi connectivity index (χ2v) is 4.82. The predicted molar refractivity (Wildman–Crippen MR) is 70.6 cm³/mol. The maximum absolute atomic E-state index is 12.0. The van der Waals surface area contributed by atoms with E-state index in [0.717, 1.165) is 12.2 Å². The predicted octanol–water partition coefficient (Wildman–Crippen LogP) is 1.84. The molecule has 0 atom stereocenters. The number of nitrogens with two attached hydrogens (primary N) is 1. The van der Waals surface area contributed by atoms with E-state index in [1.165, 1.54) is 18.4 Å². The average molecular weight is 253 g/mol. The van der Waals surface area contributed by atoms with Crippen LogP contribution >= 0.6 is 12.4 Å². The summed E-state index contributed by atoms with van der Waals surface area (Å²) in [7, 11) is 0. The molecule has 1 heterocycles. The third-order valence-electron chi connectivity index (χ3n) is 3.74. The lowest BCUT2D eigenvalue weighted by molar-refractivity contribution is -0.118. The van der Waals surface area contributed by atoms with Gasteiger partial charge in [0.05, 0.1) is 0 Å². The van der Waals surface area contributed by atoms with Crippen molar-refractivity contribution in [1.82, 2.24) is 0 Å². The molecular formula is C13H17ClN2O. The minimum absolute atomic E-state index is 0. The number of hydrogen-bond donors (Lipinski definition) is 1. The lowest BCUT2D eigenvalue weighted by Crippen LogP contribution is -2.32. The number of para-hydroxylation sites is 1. The van der Waals surface area contributed by atoms with E-state index >= 15 is 0 Å². The molecule has 0 saturated heterocycles. The SMILES string of the molecule is Cl.NCCC(=O)N1CC2(CC2)c2ccccc21. The summed E-state index contributed by atoms with van der Waals surface area (Å²) in [5.41, 5.74) is 8.22. The quantitative estimate of drug-likeness (QED) is 0.873. The van der Waals surface area contributed by atoms with E-state index in [2.05, 4.69) is 18.2 Å². The first kappa shape index (κ1) is 12.4. The van der Waals surface area contributed by atoms with Crippen molar-refractivity contribution in [2.45, 2.75) is 24.7 Å². The molecule has 1 fully saturated rings. The number of nitrogens with zero attached hydrogens (tertiary/aromatic N) is 1. The van der Waals surface area contributed by atoms with Crippen LogP contribution in [0.15, 0.2) is 24.3 Å². The van der Waals surface area contributed by atoms with Crippen molar-refractivity contribution in [3.63, 3.8) is 0 Å². The van der Waals surface area contributed by atoms with Gasteiger partial charge in [-0.15, -0.1) is 12.4 Å². The molecule has 3 rings (SSSR count). The van der Waals surface area contributed by atoms with Crippen LogP contribution in [0.4, 0.5) is 5.69 Å². The van der Waals surface area contributed by atoms with Gasteiger partial charge < -0.3 is 10.6 Å². The van der Waals surface area contributed by atoms with Crippen molar-refractivity contribution >= 4 is 24.0 Å². The molecule has 0 unspecified atom stereocenters. The van der Waals surface area contributed by atoms with E-state index in [4.69, 9.17) is 5.73 Å². The van der Waals surface area contributed by atoms with Crippen molar-refractivity contribution < 1.29 is 4.79 Å². The topological polar surface area (TPSA) is 46.3 Å². The number of anilines is 1. The van der Waals surface area contributed by atoms with Crippen molar-refractivity contribution in [2.24, 2.45) is 5.73 Å². The Morgan fingerprint density at radius 1 is 1.35 bits per heavy atom. The fraction of sp³-hybridized carbons (Fsp3) is 0.462. The van der Waals surface area contributed by atoms with Gasteiger partial charge in [0.25, 0.3) is 0 Å². The van der Waals surface area contributed by atoms with Gasteiger partial charge in [-0.05, 0) is 24.5 Å². The monoisotopic (exact) mass is 252 g/mol. The Labute approximate surface area is 107 Å². The first-order chi connectivity index (χ1) is 7.77. The summed E-state index contributed by atoms with van der Waals surface area (Å²) < 4.78 is 0. The number of rotatable bonds is 2. The van der Waals surface area contributed by atoms with Crippen LogP contribution in [0.3, 0.4) is 0 Å². The highest BCUT2D eigenvalue weighted by atomic mass is 35.5. The highest BCUT2D eigenvalue weighted by Crippen LogP contribution is 2.56. The molecule has 3 nitrogen and oxygen atoms in total. The summed E-state index contributed by atoms with van der Waals surface area (Å²) in [6.45, 7) is 1.30. The fourth-order valence-electron chi connectivity index (χ4n) is 2.69. The zero-order valence-corrected chi connectivity index (χ0v) is 10.5. The van der Waals surface area contributed by atoms with Gasteiger partial charge in [-0.1, -0.05) is 18.2 Å². The Morgan fingerprint density at radius 3 is 2.71 bits per heavy atom. The lowest BCUT2D eigenvalue weighted by Gasteiger charge is -2.17. The van der Waals surface area contributed by atoms with E-state index < -0.39 is 0 Å². The van der Waals surface area contributed by atoms with Crippen molar-refractivity contribution in [1.29, 1.82) is 0 Å². The number of hydrogen-bond acceptors (Lipinski definition) is 2. The van der Waals surface area contributed by atoms with Crippen molar-refractivity contribution in [3.05, 3.63) is 29.8 Å². The summed E-state index contributed by atoms with van der Waals surface area (Å²) in [6.07, 6.45) is 2.89. The first-order valence-corrected chi connectivity index (χ1v) is 5.87. The first-order valence-electron chi connectivity index (χ1n) is 5.87. The number of amides is 1. The molecule has 0 bridgehead atoms. The molecule has 1 aromatic carbocycles. The summed E-state index contributed by atoms with van der Waals surface area (Å²) in [5, 5.41) is 0. The van der Waals surface area contributed by atoms with Gasteiger partial charge in [-0.2, -0.15) is 0 Å². The minimum atomic E-state index is 0. The number of fused-ring (bicyclic) bond motifs is 2. The number of carbonyl (C=O) groups excluding carboxylic acids is 1. The third kappa shape index (κ3) is 1.83. The van der Waals surface area contributed by atoms with Gasteiger partial charge in [0.1, 0.15) is 0 Å². The highest BCUT2D eigenvalue weighted by molar-refractivity contribution is 5.96. The van der Waals surface area contributed by atoms with Crippen LogP contribution in [-0.2, 0) is 10.2 Å². The Bertz CT molecular complexity index is 443. The average Bonchev–Trinajstić information content (AvgIpc) is 2.99. The smallest absolute Gasteiger partial charge is 0.228 e. The van der Waals surface area contributed by atoms with E-state index in [9.17, 15) is 4.79 Å². The van der Waals surface area contributed by atoms with Crippen LogP contribution in [-0.4, -0.2) is 19.0 Å². The molecule has 1 spiro atoms. The minimum Gasteiger partial charge on any atom is -0.330 e. The molecule has 2 aliphatic rings. The van der Waals surface area contributed by atoms with Gasteiger partial charge in [0, 0.05) is 30.6 Å². The zero-order chi connectivity index (χ0) is 11.2. The largest absolute Gasteiger partial charge is 0.330 e. The van der Waals surface area contributed by atoms with Crippen molar-refractivity contribution in [2.75, 3.05) is 18.0 Å². The number of benzene rings is 1. The normalized spacial score (nSPS) is 18.8. The molecule has 92 valence electrons. The Morgan fingerprint density at radius 2 is 2.06 bits per heavy atom. The third-order valence-corrected chi connectivity index (χ3v) is 3.74. The molecule has 1 amide bonds. The maximum Gasteiger partial charge on any atom is 0.228 e. The molecule has 1 aliphatic carbocycles. The zero-order valence-electron chi connectivity index (χ0n) is 9.69. The van der Waals surface area contributed by atoms with E-state index in [0.29, 0.717) is 18.4 Å². The van der Waals surface area contributed by atoms with Gasteiger partial charge in [0.15, 0.2) is 0 Å². The molecule has 17 heavy (non-hydrogen) atoms. The molecule has 4 heteroatoms. The van der Waals surface area contributed by atoms with Crippen LogP contribution < -0.4 is 10.6 Å². The summed E-state index contributed by atoms with van der Waals surface area (Å²) in [5.74, 6) is 0.165. The molecular weight excluding hydrogens is 236 g/mol. The van der Waals surface area contributed by atoms with Gasteiger partial charge in [-0.3, -0.25) is 4.79 Å². The van der Waals surface area contributed by atoms with Crippen LogP contribution in [0.2, 0.25) is 0 Å². The Hall–Kier alpha value is -1.06. The lowest BCUT2D eigenvalue weighted by atomic mass is 9.99. The Kier molecular flexibility index (Phi) is 3.15. The summed E-state index contributed by atoms with van der Waals surface area (Å²) >= 11 is 0. The van der Waals surface area contributed by atoms with Crippen LogP contribution in [0, 0.1) is 0 Å². The summed E-state index contributed by atoms with van der Waals surface area (Å²) in [4.78, 5) is 13.9. The number of carbonyl (C=O) groups is 1. The molecule has 2 N–H and O–H groups in total. The standard InChI is InChI=1S/C13H16N2O.ClH/c14-8-5-12(16)15-9-13(6-7-13)10-3-1-2-4-11(10)15;/h1-4H,5-9,14H2;1H. The Balaban J connectivity index is 0.00000108. The molecule has 1 aliphatic heterocycles. The number of halogens is 1. The van der Waals surface area contributed by atoms with Gasteiger partial charge in [0.2, 0.25) is 5.91 Å². The van der Waals surface area contributed by atoms with Gasteiger partial charge >= 0.3 is 0 Å². The van der Waals surface area contributed by atoms with Crippen molar-refractivity contribution in [3.8, 4) is 0 Å². The maximum atomic E-state index is 12.0. The molecule has 0 radical (unpaired) electrons. The second kappa shape index (κ2) is 4.31. The van der Waals surface area contributed by atoms with Gasteiger partial charge in [-0.25, -0.2) is 0 Å². The van der Waals surface area contributed by atoms with Crippen LogP contribution in [0.25, 0.3) is 0 Å². The molecule has 1 aromatic rings. The van der Waals surface area contributed by atoms with E-state index in [-0.39, 0.29) is 18.3 Å². The van der Waals surface area contributed by atoms with Crippen LogP contribution in [0.5, 0.6) is 0 Å². The van der Waals surface area contributed by atoms with Crippen LogP contribution in [0.1, 0.15) is 24.8 Å². The molecule has 0 aromatic heterocycles. The fourth-order valence-corrected chi connectivity index (χ4v) is 2.69. The molecule has 1 saturated carbocycles. The summed E-state index contributed by atoms with van der Waals surface area (Å²) in [6, 6.07) is 8.29. The van der Waals surface area contributed by atoms with E-state index in [1.54, 1.807) is 0 Å².